The first-order valence-electron chi connectivity index (χ1n) is 4.69. The molecule has 2 rings (SSSR count). The van der Waals surface area contributed by atoms with Crippen LogP contribution in [0.3, 0.4) is 0 Å². The molecule has 3 heteroatoms. The third-order valence-corrected chi connectivity index (χ3v) is 2.30. The largest absolute Gasteiger partial charge is 0.276 e. The highest BCUT2D eigenvalue weighted by atomic mass is 16.6. The fraction of sp³-hybridized carbons (Fsp3) is 0.273. The molecule has 0 atom stereocenters. The SMILES string of the molecule is O=[N+]([O-])c1ccccc1C=CC1CC1. The fourth-order valence-corrected chi connectivity index (χ4v) is 1.32. The number of nitro groups is 1. The van der Waals surface area contributed by atoms with E-state index in [1.54, 1.807) is 12.1 Å². The van der Waals surface area contributed by atoms with E-state index in [0.29, 0.717) is 11.5 Å². The van der Waals surface area contributed by atoms with Crippen molar-refractivity contribution in [1.82, 2.24) is 0 Å². The van der Waals surface area contributed by atoms with Gasteiger partial charge in [-0.2, -0.15) is 0 Å². The van der Waals surface area contributed by atoms with E-state index in [0.717, 1.165) is 0 Å². The second-order valence-corrected chi connectivity index (χ2v) is 3.51. The quantitative estimate of drug-likeness (QED) is 0.541. The minimum Gasteiger partial charge on any atom is -0.258 e. The number of para-hydroxylation sites is 1. The topological polar surface area (TPSA) is 43.1 Å². The average molecular weight is 189 g/mol. The summed E-state index contributed by atoms with van der Waals surface area (Å²) >= 11 is 0. The third kappa shape index (κ3) is 1.99. The molecule has 1 aromatic carbocycles. The minimum atomic E-state index is -0.341. The predicted octanol–water partition coefficient (Wildman–Crippen LogP) is 3.02. The number of nitrogens with zero attached hydrogens (tertiary/aromatic N) is 1. The molecule has 1 aliphatic rings. The summed E-state index contributed by atoms with van der Waals surface area (Å²) in [6, 6.07) is 6.82. The molecule has 0 N–H and O–H groups in total. The Bertz CT molecular complexity index is 381. The third-order valence-electron chi connectivity index (χ3n) is 2.30. The summed E-state index contributed by atoms with van der Waals surface area (Å²) in [7, 11) is 0. The molecule has 1 aromatic rings. The first kappa shape index (κ1) is 8.94. The van der Waals surface area contributed by atoms with Gasteiger partial charge in [-0.05, 0) is 24.8 Å². The highest BCUT2D eigenvalue weighted by Gasteiger charge is 2.18. The fourth-order valence-electron chi connectivity index (χ4n) is 1.32. The Morgan fingerprint density at radius 2 is 2.07 bits per heavy atom. The van der Waals surface area contributed by atoms with Crippen molar-refractivity contribution in [2.75, 3.05) is 0 Å². The van der Waals surface area contributed by atoms with Crippen molar-refractivity contribution < 1.29 is 4.92 Å². The van der Waals surface area contributed by atoms with E-state index in [2.05, 4.69) is 6.08 Å². The van der Waals surface area contributed by atoms with Crippen LogP contribution in [0.1, 0.15) is 18.4 Å². The van der Waals surface area contributed by atoms with Gasteiger partial charge >= 0.3 is 0 Å². The van der Waals surface area contributed by atoms with Crippen LogP contribution in [0.4, 0.5) is 5.69 Å². The van der Waals surface area contributed by atoms with Crippen LogP contribution in [0.15, 0.2) is 30.3 Å². The summed E-state index contributed by atoms with van der Waals surface area (Å²) in [5, 5.41) is 10.7. The Balaban J connectivity index is 2.26. The van der Waals surface area contributed by atoms with E-state index >= 15 is 0 Å². The van der Waals surface area contributed by atoms with E-state index < -0.39 is 0 Å². The lowest BCUT2D eigenvalue weighted by Crippen LogP contribution is -1.90. The van der Waals surface area contributed by atoms with Gasteiger partial charge in [0.1, 0.15) is 0 Å². The van der Waals surface area contributed by atoms with Gasteiger partial charge < -0.3 is 0 Å². The van der Waals surface area contributed by atoms with Gasteiger partial charge in [0.15, 0.2) is 0 Å². The first-order valence-corrected chi connectivity index (χ1v) is 4.69. The summed E-state index contributed by atoms with van der Waals surface area (Å²) < 4.78 is 0. The molecule has 72 valence electrons. The van der Waals surface area contributed by atoms with Crippen molar-refractivity contribution in [3.8, 4) is 0 Å². The molecular formula is C11H11NO2. The maximum Gasteiger partial charge on any atom is 0.276 e. The summed E-state index contributed by atoms with van der Waals surface area (Å²) in [6.07, 6.45) is 6.35. The summed E-state index contributed by atoms with van der Waals surface area (Å²) in [5.74, 6) is 0.648. The number of rotatable bonds is 3. The zero-order valence-electron chi connectivity index (χ0n) is 7.72. The van der Waals surface area contributed by atoms with E-state index in [1.165, 1.54) is 18.9 Å². The highest BCUT2D eigenvalue weighted by Crippen LogP contribution is 2.31. The lowest BCUT2D eigenvalue weighted by molar-refractivity contribution is -0.385. The van der Waals surface area contributed by atoms with E-state index in [9.17, 15) is 10.1 Å². The van der Waals surface area contributed by atoms with Crippen LogP contribution in [-0.4, -0.2) is 4.92 Å². The van der Waals surface area contributed by atoms with Crippen LogP contribution < -0.4 is 0 Å². The van der Waals surface area contributed by atoms with Gasteiger partial charge in [-0.25, -0.2) is 0 Å². The molecule has 0 aromatic heterocycles. The molecule has 0 heterocycles. The summed E-state index contributed by atoms with van der Waals surface area (Å²) in [5.41, 5.74) is 0.883. The van der Waals surface area contributed by atoms with Crippen LogP contribution in [0.25, 0.3) is 6.08 Å². The molecule has 1 saturated carbocycles. The second-order valence-electron chi connectivity index (χ2n) is 3.51. The normalized spacial score (nSPS) is 16.0. The van der Waals surface area contributed by atoms with Crippen LogP contribution in [0, 0.1) is 16.0 Å². The molecule has 0 unspecified atom stereocenters. The van der Waals surface area contributed by atoms with Crippen LogP contribution in [0.5, 0.6) is 0 Å². The molecule has 1 fully saturated rings. The van der Waals surface area contributed by atoms with Crippen LogP contribution in [0.2, 0.25) is 0 Å². The maximum absolute atomic E-state index is 10.7. The average Bonchev–Trinajstić information content (AvgIpc) is 2.98. The van der Waals surface area contributed by atoms with Gasteiger partial charge in [-0.3, -0.25) is 10.1 Å². The molecule has 0 amide bonds. The zero-order chi connectivity index (χ0) is 9.97. The summed E-state index contributed by atoms with van der Waals surface area (Å²) in [4.78, 5) is 10.3. The molecule has 0 bridgehead atoms. The molecule has 0 saturated heterocycles. The monoisotopic (exact) mass is 189 g/mol. The number of nitro benzene ring substituents is 1. The van der Waals surface area contributed by atoms with Gasteiger partial charge in [0, 0.05) is 6.07 Å². The van der Waals surface area contributed by atoms with Crippen molar-refractivity contribution in [3.05, 3.63) is 46.0 Å². The summed E-state index contributed by atoms with van der Waals surface area (Å²) in [6.45, 7) is 0. The number of benzene rings is 1. The Morgan fingerprint density at radius 3 is 2.71 bits per heavy atom. The Kier molecular flexibility index (Phi) is 2.31. The van der Waals surface area contributed by atoms with Gasteiger partial charge in [-0.15, -0.1) is 0 Å². The van der Waals surface area contributed by atoms with Crippen molar-refractivity contribution in [2.45, 2.75) is 12.8 Å². The molecule has 0 aliphatic heterocycles. The van der Waals surface area contributed by atoms with Gasteiger partial charge in [0.2, 0.25) is 0 Å². The Hall–Kier alpha value is -1.64. The maximum atomic E-state index is 10.7. The second kappa shape index (κ2) is 3.62. The molecular weight excluding hydrogens is 178 g/mol. The first-order chi connectivity index (χ1) is 6.77. The van der Waals surface area contributed by atoms with E-state index in [-0.39, 0.29) is 10.6 Å². The lowest BCUT2D eigenvalue weighted by Gasteiger charge is -1.95. The van der Waals surface area contributed by atoms with Crippen LogP contribution >= 0.6 is 0 Å². The van der Waals surface area contributed by atoms with E-state index in [4.69, 9.17) is 0 Å². The molecule has 14 heavy (non-hydrogen) atoms. The van der Waals surface area contributed by atoms with Crippen LogP contribution in [-0.2, 0) is 0 Å². The van der Waals surface area contributed by atoms with Gasteiger partial charge in [0.25, 0.3) is 5.69 Å². The Labute approximate surface area is 82.2 Å². The highest BCUT2D eigenvalue weighted by molar-refractivity contribution is 5.60. The predicted molar refractivity (Wildman–Crippen MR) is 54.9 cm³/mol. The van der Waals surface area contributed by atoms with Crippen molar-refractivity contribution in [3.63, 3.8) is 0 Å². The molecule has 0 spiro atoms. The Morgan fingerprint density at radius 1 is 1.36 bits per heavy atom. The molecule has 3 nitrogen and oxygen atoms in total. The standard InChI is InChI=1S/C11H11NO2/c13-12(14)11-4-2-1-3-10(11)8-7-9-5-6-9/h1-4,7-9H,5-6H2. The number of allylic oxidation sites excluding steroid dienone is 1. The number of hydrogen-bond donors (Lipinski definition) is 0. The van der Waals surface area contributed by atoms with Crippen molar-refractivity contribution in [2.24, 2.45) is 5.92 Å². The zero-order valence-corrected chi connectivity index (χ0v) is 7.72. The smallest absolute Gasteiger partial charge is 0.258 e. The van der Waals surface area contributed by atoms with E-state index in [1.807, 2.05) is 12.1 Å². The van der Waals surface area contributed by atoms with Crippen molar-refractivity contribution >= 4 is 11.8 Å². The molecule has 1 aliphatic carbocycles. The van der Waals surface area contributed by atoms with Gasteiger partial charge in [-0.1, -0.05) is 24.3 Å². The molecule has 0 radical (unpaired) electrons. The lowest BCUT2D eigenvalue weighted by atomic mass is 10.1. The number of hydrogen-bond acceptors (Lipinski definition) is 2. The van der Waals surface area contributed by atoms with Gasteiger partial charge in [0.05, 0.1) is 10.5 Å². The van der Waals surface area contributed by atoms with Crippen molar-refractivity contribution in [1.29, 1.82) is 0 Å². The minimum absolute atomic E-state index is 0.185.